The van der Waals surface area contributed by atoms with E-state index in [9.17, 15) is 13.2 Å². The Morgan fingerprint density at radius 1 is 1.23 bits per heavy atom. The number of nitrogens with one attached hydrogen (secondary N) is 2. The minimum Gasteiger partial charge on any atom is -0.437 e. The number of aromatic nitrogens is 1. The third-order valence-corrected chi connectivity index (χ3v) is 6.71. The van der Waals surface area contributed by atoms with Gasteiger partial charge in [0.05, 0.1) is 16.7 Å². The van der Waals surface area contributed by atoms with Crippen LogP contribution in [0.2, 0.25) is 0 Å². The highest BCUT2D eigenvalue weighted by Crippen LogP contribution is 2.45. The fraction of sp³-hybridized carbons (Fsp3) is 0.364. The molecule has 2 N–H and O–H groups in total. The topological polar surface area (TPSA) is 101 Å². The molecule has 1 saturated carbocycles. The molecule has 2 heterocycles. The van der Waals surface area contributed by atoms with E-state index in [2.05, 4.69) is 15.0 Å². The molecule has 0 aliphatic heterocycles. The van der Waals surface area contributed by atoms with Crippen molar-refractivity contribution in [2.75, 3.05) is 17.5 Å². The number of hydrogen-bond donors (Lipinski definition) is 2. The Hall–Kier alpha value is -2.87. The van der Waals surface area contributed by atoms with Gasteiger partial charge in [-0.1, -0.05) is 23.8 Å². The Balaban J connectivity index is 1.98. The van der Waals surface area contributed by atoms with Gasteiger partial charge in [0.2, 0.25) is 15.7 Å². The SMILES string of the molecule is CCS(=O)(=O)Nc1nc2oc(-c3ccc(C)cc3C)c(C(=O)NC)c2cc1C1CC1. The van der Waals surface area contributed by atoms with Crippen LogP contribution in [0.25, 0.3) is 22.4 Å². The minimum absolute atomic E-state index is 0.0493. The van der Waals surface area contributed by atoms with E-state index in [0.717, 1.165) is 35.1 Å². The highest BCUT2D eigenvalue weighted by atomic mass is 32.2. The molecule has 1 aliphatic carbocycles. The lowest BCUT2D eigenvalue weighted by atomic mass is 9.99. The summed E-state index contributed by atoms with van der Waals surface area (Å²) in [5.74, 6) is 0.636. The maximum Gasteiger partial charge on any atom is 0.255 e. The van der Waals surface area contributed by atoms with Crippen LogP contribution in [-0.2, 0) is 10.0 Å². The average Bonchev–Trinajstić information content (AvgIpc) is 3.47. The number of furan rings is 1. The Morgan fingerprint density at radius 2 is 1.97 bits per heavy atom. The predicted molar refractivity (Wildman–Crippen MR) is 117 cm³/mol. The number of anilines is 1. The second-order valence-corrected chi connectivity index (χ2v) is 9.77. The third-order valence-electron chi connectivity index (χ3n) is 5.44. The molecule has 1 aromatic carbocycles. The van der Waals surface area contributed by atoms with Gasteiger partial charge in [-0.2, -0.15) is 4.98 Å². The number of rotatable bonds is 6. The van der Waals surface area contributed by atoms with E-state index < -0.39 is 10.0 Å². The molecule has 158 valence electrons. The first-order valence-corrected chi connectivity index (χ1v) is 11.7. The molecule has 0 radical (unpaired) electrons. The molecule has 1 aliphatic rings. The van der Waals surface area contributed by atoms with Crippen molar-refractivity contribution in [3.63, 3.8) is 0 Å². The van der Waals surface area contributed by atoms with Crippen molar-refractivity contribution in [2.24, 2.45) is 0 Å². The van der Waals surface area contributed by atoms with Gasteiger partial charge in [0, 0.05) is 12.6 Å². The van der Waals surface area contributed by atoms with Gasteiger partial charge in [0.15, 0.2) is 5.76 Å². The van der Waals surface area contributed by atoms with Crippen LogP contribution >= 0.6 is 0 Å². The van der Waals surface area contributed by atoms with E-state index in [1.54, 1.807) is 14.0 Å². The number of fused-ring (bicyclic) bond motifs is 1. The van der Waals surface area contributed by atoms with Gasteiger partial charge in [0.25, 0.3) is 5.91 Å². The Kier molecular flexibility index (Phi) is 5.05. The van der Waals surface area contributed by atoms with E-state index in [0.29, 0.717) is 16.7 Å². The van der Waals surface area contributed by atoms with E-state index in [4.69, 9.17) is 4.42 Å². The first kappa shape index (κ1) is 20.4. The largest absolute Gasteiger partial charge is 0.437 e. The van der Waals surface area contributed by atoms with E-state index >= 15 is 0 Å². The van der Waals surface area contributed by atoms with E-state index in [1.165, 1.54) is 0 Å². The quantitative estimate of drug-likeness (QED) is 0.616. The van der Waals surface area contributed by atoms with Crippen molar-refractivity contribution < 1.29 is 17.6 Å². The van der Waals surface area contributed by atoms with Gasteiger partial charge < -0.3 is 9.73 Å². The zero-order valence-electron chi connectivity index (χ0n) is 17.5. The molecular weight excluding hydrogens is 402 g/mol. The molecule has 0 bridgehead atoms. The summed E-state index contributed by atoms with van der Waals surface area (Å²) in [6.07, 6.45) is 1.93. The molecule has 7 nitrogen and oxygen atoms in total. The molecule has 1 amide bonds. The van der Waals surface area contributed by atoms with Gasteiger partial charge in [-0.15, -0.1) is 0 Å². The van der Waals surface area contributed by atoms with E-state index in [1.807, 2.05) is 38.1 Å². The number of carbonyl (C=O) groups excluding carboxylic acids is 1. The number of hydrogen-bond acceptors (Lipinski definition) is 5. The normalized spacial score (nSPS) is 14.1. The third kappa shape index (κ3) is 3.67. The highest BCUT2D eigenvalue weighted by molar-refractivity contribution is 7.92. The van der Waals surface area contributed by atoms with Crippen LogP contribution in [-0.4, -0.2) is 32.1 Å². The van der Waals surface area contributed by atoms with Gasteiger partial charge in [0.1, 0.15) is 5.82 Å². The van der Waals surface area contributed by atoms with Crippen LogP contribution in [0.3, 0.4) is 0 Å². The Bertz CT molecular complexity index is 1260. The average molecular weight is 428 g/mol. The van der Waals surface area contributed by atoms with Crippen molar-refractivity contribution in [2.45, 2.75) is 39.5 Å². The van der Waals surface area contributed by atoms with Gasteiger partial charge in [-0.05, 0) is 56.7 Å². The number of sulfonamides is 1. The minimum atomic E-state index is -3.49. The number of nitrogens with zero attached hydrogens (tertiary/aromatic N) is 1. The lowest BCUT2D eigenvalue weighted by Crippen LogP contribution is -2.19. The van der Waals surface area contributed by atoms with Gasteiger partial charge >= 0.3 is 0 Å². The molecule has 8 heteroatoms. The van der Waals surface area contributed by atoms with Crippen LogP contribution in [0, 0.1) is 13.8 Å². The Labute approximate surface area is 175 Å². The van der Waals surface area contributed by atoms with Crippen molar-refractivity contribution in [3.8, 4) is 11.3 Å². The first-order chi connectivity index (χ1) is 14.2. The molecule has 4 rings (SSSR count). The zero-order chi connectivity index (χ0) is 21.6. The molecule has 0 spiro atoms. The molecule has 3 aromatic rings. The van der Waals surface area contributed by atoms with Crippen molar-refractivity contribution in [3.05, 3.63) is 46.5 Å². The number of aryl methyl sites for hydroxylation is 2. The summed E-state index contributed by atoms with van der Waals surface area (Å²) in [6, 6.07) is 7.78. The maximum absolute atomic E-state index is 12.8. The fourth-order valence-electron chi connectivity index (χ4n) is 3.65. The first-order valence-electron chi connectivity index (χ1n) is 10.0. The standard InChI is InChI=1S/C22H25N3O4S/c1-5-30(27,28)25-20-16(14-7-8-14)11-17-18(21(26)23-4)19(29-22(17)24-20)15-9-6-12(2)10-13(15)3/h6,9-11,14H,5,7-8H2,1-4H3,(H,23,26)(H,24,25). The van der Waals surface area contributed by atoms with Crippen LogP contribution in [0.4, 0.5) is 5.82 Å². The molecule has 0 saturated heterocycles. The molecule has 30 heavy (non-hydrogen) atoms. The van der Waals surface area contributed by atoms with Crippen molar-refractivity contribution in [1.82, 2.24) is 10.3 Å². The lowest BCUT2D eigenvalue weighted by molar-refractivity contribution is 0.0964. The second-order valence-electron chi connectivity index (χ2n) is 7.76. The molecular formula is C22H25N3O4S. The monoisotopic (exact) mass is 427 g/mol. The molecule has 1 fully saturated rings. The summed E-state index contributed by atoms with van der Waals surface area (Å²) in [7, 11) is -1.92. The van der Waals surface area contributed by atoms with Crippen LogP contribution < -0.4 is 10.0 Å². The van der Waals surface area contributed by atoms with Crippen LogP contribution in [0.5, 0.6) is 0 Å². The maximum atomic E-state index is 12.8. The summed E-state index contributed by atoms with van der Waals surface area (Å²) >= 11 is 0. The van der Waals surface area contributed by atoms with E-state index in [-0.39, 0.29) is 29.1 Å². The highest BCUT2D eigenvalue weighted by Gasteiger charge is 2.31. The summed E-state index contributed by atoms with van der Waals surface area (Å²) in [5.41, 5.74) is 4.35. The summed E-state index contributed by atoms with van der Waals surface area (Å²) in [6.45, 7) is 5.55. The molecule has 2 aromatic heterocycles. The molecule has 0 atom stereocenters. The number of carbonyl (C=O) groups is 1. The van der Waals surface area contributed by atoms with Crippen molar-refractivity contribution >= 4 is 32.8 Å². The summed E-state index contributed by atoms with van der Waals surface area (Å²) in [4.78, 5) is 17.3. The van der Waals surface area contributed by atoms with Gasteiger partial charge in [-0.3, -0.25) is 9.52 Å². The van der Waals surface area contributed by atoms with Crippen LogP contribution in [0.15, 0.2) is 28.7 Å². The number of benzene rings is 1. The Morgan fingerprint density at radius 3 is 2.57 bits per heavy atom. The summed E-state index contributed by atoms with van der Waals surface area (Å²) < 4.78 is 33.0. The van der Waals surface area contributed by atoms with Crippen LogP contribution in [0.1, 0.15) is 52.7 Å². The number of amides is 1. The van der Waals surface area contributed by atoms with Gasteiger partial charge in [-0.25, -0.2) is 8.42 Å². The van der Waals surface area contributed by atoms with Crippen molar-refractivity contribution in [1.29, 1.82) is 0 Å². The summed E-state index contributed by atoms with van der Waals surface area (Å²) in [5, 5.41) is 3.28. The number of pyridine rings is 1. The second kappa shape index (κ2) is 7.43. The lowest BCUT2D eigenvalue weighted by Gasteiger charge is -2.10. The predicted octanol–water partition coefficient (Wildman–Crippen LogP) is 4.11. The fourth-order valence-corrected chi connectivity index (χ4v) is 4.26. The smallest absolute Gasteiger partial charge is 0.255 e. The zero-order valence-corrected chi connectivity index (χ0v) is 18.3. The molecule has 0 unspecified atom stereocenters.